The summed E-state index contributed by atoms with van der Waals surface area (Å²) in [4.78, 5) is 3.42. The maximum Gasteiger partial charge on any atom is 1.00 e. The van der Waals surface area contributed by atoms with Crippen molar-refractivity contribution in [3.63, 3.8) is 0 Å². The van der Waals surface area contributed by atoms with E-state index in [4.69, 9.17) is 0 Å². The van der Waals surface area contributed by atoms with Gasteiger partial charge in [-0.15, -0.1) is 5.92 Å². The third-order valence-corrected chi connectivity index (χ3v) is 3.73. The zero-order valence-corrected chi connectivity index (χ0v) is 14.2. The molecule has 2 heteroatoms. The Morgan fingerprint density at radius 2 is 1.30 bits per heavy atom. The summed E-state index contributed by atoms with van der Waals surface area (Å²) in [5.74, 6) is 0.106. The minimum atomic E-state index is 0. The van der Waals surface area contributed by atoms with Crippen LogP contribution in [0.15, 0.2) is 84.9 Å². The largest absolute Gasteiger partial charge is 1.00 e. The van der Waals surface area contributed by atoms with E-state index in [1.54, 1.807) is 0 Å². The number of nitrogens with one attached hydrogen (secondary N) is 1. The van der Waals surface area contributed by atoms with Crippen LogP contribution in [0, 0.1) is 6.92 Å². The predicted octanol–water partition coefficient (Wildman–Crippen LogP) is 3.48. The van der Waals surface area contributed by atoms with Crippen molar-refractivity contribution in [2.45, 2.75) is 5.92 Å². The Bertz CT molecular complexity index is 751. The molecule has 1 N–H and O–H groups in total. The third-order valence-electron chi connectivity index (χ3n) is 3.73. The summed E-state index contributed by atoms with van der Waals surface area (Å²) in [7, 11) is 0. The van der Waals surface area contributed by atoms with Crippen molar-refractivity contribution >= 4 is 11.9 Å². The molecule has 3 aromatic carbocycles. The Balaban J connectivity index is 0.00000192. The van der Waals surface area contributed by atoms with E-state index in [0.29, 0.717) is 0 Å². The summed E-state index contributed by atoms with van der Waals surface area (Å²) in [6, 6.07) is 29.0. The van der Waals surface area contributed by atoms with E-state index in [2.05, 4.69) is 66.5 Å². The normalized spacial score (nSPS) is 11.9. The minimum Gasteiger partial charge on any atom is -0.331 e. The van der Waals surface area contributed by atoms with E-state index >= 15 is 0 Å². The molecule has 23 heavy (non-hydrogen) atoms. The first-order chi connectivity index (χ1) is 10.8. The van der Waals surface area contributed by atoms with Gasteiger partial charge < -0.3 is 6.92 Å². The van der Waals surface area contributed by atoms with Gasteiger partial charge in [-0.2, -0.15) is 0 Å². The molecular formula is C21H19AgN+. The van der Waals surface area contributed by atoms with Crippen LogP contribution in [0.3, 0.4) is 0 Å². The van der Waals surface area contributed by atoms with Gasteiger partial charge in [0.25, 0.3) is 0 Å². The molecule has 0 spiro atoms. The molecule has 0 aromatic heterocycles. The van der Waals surface area contributed by atoms with E-state index in [1.807, 2.05) is 36.5 Å². The second-order valence-electron chi connectivity index (χ2n) is 5.25. The molecule has 0 fully saturated rings. The first-order valence-electron chi connectivity index (χ1n) is 7.46. The van der Waals surface area contributed by atoms with E-state index in [1.165, 1.54) is 11.1 Å². The molecule has 1 unspecified atom stereocenters. The zero-order chi connectivity index (χ0) is 15.2. The van der Waals surface area contributed by atoms with Crippen LogP contribution in [0.4, 0.5) is 5.69 Å². The van der Waals surface area contributed by atoms with Gasteiger partial charge in [-0.25, -0.2) is 4.99 Å². The van der Waals surface area contributed by atoms with Gasteiger partial charge in [0, 0.05) is 17.2 Å². The number of para-hydroxylation sites is 1. The molecule has 0 radical (unpaired) electrons. The summed E-state index contributed by atoms with van der Waals surface area (Å²) in [5, 5.41) is 0. The topological polar surface area (TPSA) is 14.0 Å². The van der Waals surface area contributed by atoms with E-state index in [9.17, 15) is 0 Å². The molecule has 0 saturated heterocycles. The van der Waals surface area contributed by atoms with Gasteiger partial charge in [-0.3, -0.25) is 0 Å². The molecule has 0 amide bonds. The fourth-order valence-corrected chi connectivity index (χ4v) is 2.51. The molecule has 3 rings (SSSR count). The summed E-state index contributed by atoms with van der Waals surface area (Å²) >= 11 is 0. The van der Waals surface area contributed by atoms with Crippen molar-refractivity contribution in [1.82, 2.24) is 0 Å². The molecule has 0 aliphatic carbocycles. The molecule has 0 bridgehead atoms. The summed E-state index contributed by atoms with van der Waals surface area (Å²) in [6.07, 6.45) is 2.02. The summed E-state index contributed by atoms with van der Waals surface area (Å²) in [6.45, 7) is 4.34. The van der Waals surface area contributed by atoms with Crippen molar-refractivity contribution in [3.8, 4) is 0 Å². The summed E-state index contributed by atoms with van der Waals surface area (Å²) < 4.78 is 0. The number of hydrogen-bond acceptors (Lipinski definition) is 0. The average Bonchev–Trinajstić information content (AvgIpc) is 2.61. The Labute approximate surface area is 153 Å². The minimum absolute atomic E-state index is 0. The molecule has 0 aliphatic rings. The standard InChI is InChI=1S/C21H18N.Ag/c1-17(19-12-6-3-7-13-19)20-14-8-9-15-21(20)22-16-18-10-4-2-5-11-18;/h2-17H,1H2;/q-1;+1/p+1. The van der Waals surface area contributed by atoms with Gasteiger partial charge in [0.1, 0.15) is 0 Å². The monoisotopic (exact) mass is 392 g/mol. The van der Waals surface area contributed by atoms with E-state index < -0.39 is 0 Å². The molecular weight excluding hydrogens is 374 g/mol. The second-order valence-corrected chi connectivity index (χ2v) is 5.25. The van der Waals surface area contributed by atoms with Crippen LogP contribution in [0.5, 0.6) is 0 Å². The van der Waals surface area contributed by atoms with Crippen molar-refractivity contribution in [2.24, 2.45) is 0 Å². The number of rotatable bonds is 4. The first-order valence-corrected chi connectivity index (χ1v) is 7.46. The molecule has 0 heterocycles. The molecule has 1 nitrogen and oxygen atoms in total. The Morgan fingerprint density at radius 3 is 2.00 bits per heavy atom. The van der Waals surface area contributed by atoms with Crippen LogP contribution < -0.4 is 4.99 Å². The molecule has 3 aromatic rings. The molecule has 0 saturated carbocycles. The van der Waals surface area contributed by atoms with Crippen molar-refractivity contribution in [3.05, 3.63) is 109 Å². The Kier molecular flexibility index (Phi) is 6.54. The van der Waals surface area contributed by atoms with Gasteiger partial charge >= 0.3 is 22.4 Å². The van der Waals surface area contributed by atoms with Crippen LogP contribution in [-0.2, 0) is 22.4 Å². The van der Waals surface area contributed by atoms with Crippen LogP contribution >= 0.6 is 0 Å². The van der Waals surface area contributed by atoms with E-state index in [0.717, 1.165) is 11.3 Å². The number of hydrogen-bond donors (Lipinski definition) is 1. The fraction of sp³-hybridized carbons (Fsp3) is 0.0476. The second kappa shape index (κ2) is 8.64. The molecule has 118 valence electrons. The van der Waals surface area contributed by atoms with Crippen LogP contribution in [0.25, 0.3) is 0 Å². The number of benzene rings is 3. The van der Waals surface area contributed by atoms with Crippen LogP contribution in [0.2, 0.25) is 0 Å². The molecule has 0 aliphatic heterocycles. The van der Waals surface area contributed by atoms with Crippen LogP contribution in [0.1, 0.15) is 22.6 Å². The van der Waals surface area contributed by atoms with Crippen molar-refractivity contribution in [2.75, 3.05) is 0 Å². The quantitative estimate of drug-likeness (QED) is 0.397. The first kappa shape index (κ1) is 17.4. The maximum absolute atomic E-state index is 4.34. The van der Waals surface area contributed by atoms with Gasteiger partial charge in [-0.05, 0) is 12.1 Å². The SMILES string of the molecule is [Ag+].[CH2-]C(c1ccccc1)c1ccccc1[NH+]=Cc1ccccc1. The predicted molar refractivity (Wildman–Crippen MR) is 92.3 cm³/mol. The summed E-state index contributed by atoms with van der Waals surface area (Å²) in [5.41, 5.74) is 4.66. The zero-order valence-electron chi connectivity index (χ0n) is 12.7. The van der Waals surface area contributed by atoms with Gasteiger partial charge in [0.15, 0.2) is 6.21 Å². The van der Waals surface area contributed by atoms with Gasteiger partial charge in [-0.1, -0.05) is 72.3 Å². The maximum atomic E-state index is 4.34. The van der Waals surface area contributed by atoms with Crippen molar-refractivity contribution in [1.29, 1.82) is 0 Å². The van der Waals surface area contributed by atoms with E-state index in [-0.39, 0.29) is 28.3 Å². The van der Waals surface area contributed by atoms with Gasteiger partial charge in [0.05, 0.1) is 0 Å². The van der Waals surface area contributed by atoms with Crippen LogP contribution in [-0.4, -0.2) is 6.21 Å². The molecule has 1 atom stereocenters. The fourth-order valence-electron chi connectivity index (χ4n) is 2.51. The Hall–Kier alpha value is -1.93. The van der Waals surface area contributed by atoms with Crippen molar-refractivity contribution < 1.29 is 27.4 Å². The van der Waals surface area contributed by atoms with Gasteiger partial charge in [0.2, 0.25) is 5.69 Å². The smallest absolute Gasteiger partial charge is 0.331 e. The Morgan fingerprint density at radius 1 is 0.739 bits per heavy atom. The average molecular weight is 393 g/mol. The third kappa shape index (κ3) is 4.52.